The number of carbonyl (C=O) groups excluding carboxylic acids is 2. The molecule has 1 aromatic carbocycles. The molecule has 6 heteroatoms. The Bertz CT molecular complexity index is 783. The minimum absolute atomic E-state index is 0.205. The lowest BCUT2D eigenvalue weighted by Crippen LogP contribution is -2.12. The molecule has 0 radical (unpaired) electrons. The third kappa shape index (κ3) is 3.21. The number of pyridine rings is 1. The Kier molecular flexibility index (Phi) is 4.05. The van der Waals surface area contributed by atoms with Gasteiger partial charge in [-0.2, -0.15) is 0 Å². The highest BCUT2D eigenvalue weighted by Gasteiger charge is 2.27. The fourth-order valence-electron chi connectivity index (χ4n) is 2.07. The third-order valence-corrected chi connectivity index (χ3v) is 3.21. The number of nitrogens with zero attached hydrogens (tertiary/aromatic N) is 1. The van der Waals surface area contributed by atoms with E-state index in [4.69, 9.17) is 9.47 Å². The first-order valence-electron chi connectivity index (χ1n) is 6.85. The van der Waals surface area contributed by atoms with Crippen molar-refractivity contribution in [2.45, 2.75) is 0 Å². The zero-order chi connectivity index (χ0) is 16.2. The predicted octanol–water partition coefficient (Wildman–Crippen LogP) is 2.25. The van der Waals surface area contributed by atoms with E-state index in [1.807, 2.05) is 6.07 Å². The van der Waals surface area contributed by atoms with E-state index in [1.165, 1.54) is 7.11 Å². The Hall–Kier alpha value is -3.15. The molecule has 0 unspecified atom stereocenters. The molecule has 0 amide bonds. The number of ketones is 1. The van der Waals surface area contributed by atoms with Crippen LogP contribution in [0.2, 0.25) is 0 Å². The molecule has 1 aromatic heterocycles. The monoisotopic (exact) mass is 311 g/mol. The summed E-state index contributed by atoms with van der Waals surface area (Å²) in [7, 11) is 1.28. The highest BCUT2D eigenvalue weighted by molar-refractivity contribution is 6.14. The number of methoxy groups -OCH3 is 1. The van der Waals surface area contributed by atoms with Crippen molar-refractivity contribution in [3.63, 3.8) is 0 Å². The van der Waals surface area contributed by atoms with Gasteiger partial charge in [0, 0.05) is 18.5 Å². The minimum atomic E-state index is -0.486. The van der Waals surface area contributed by atoms with Crippen molar-refractivity contribution in [2.75, 3.05) is 13.7 Å². The van der Waals surface area contributed by atoms with E-state index in [0.717, 1.165) is 5.56 Å². The molecule has 0 fully saturated rings. The summed E-state index contributed by atoms with van der Waals surface area (Å²) in [5.41, 5.74) is 1.22. The molecular formula is C17H13NO5. The topological polar surface area (TPSA) is 74.7 Å². The lowest BCUT2D eigenvalue weighted by atomic mass is 10.1. The van der Waals surface area contributed by atoms with Gasteiger partial charge in [0.05, 0.1) is 12.7 Å². The summed E-state index contributed by atoms with van der Waals surface area (Å²) in [5.74, 6) is 0.346. The van der Waals surface area contributed by atoms with Crippen LogP contribution in [0.3, 0.4) is 0 Å². The summed E-state index contributed by atoms with van der Waals surface area (Å²) in [6.07, 6.45) is 4.92. The van der Waals surface area contributed by atoms with Crippen LogP contribution in [0.25, 0.3) is 6.08 Å². The summed E-state index contributed by atoms with van der Waals surface area (Å²) in [6.45, 7) is -0.207. The van der Waals surface area contributed by atoms with Gasteiger partial charge in [-0.1, -0.05) is 6.07 Å². The Balaban J connectivity index is 1.80. The van der Waals surface area contributed by atoms with Crippen LogP contribution < -0.4 is 9.47 Å². The number of hydrogen-bond donors (Lipinski definition) is 0. The Labute approximate surface area is 132 Å². The van der Waals surface area contributed by atoms with Crippen molar-refractivity contribution < 1.29 is 23.8 Å². The zero-order valence-electron chi connectivity index (χ0n) is 12.3. The fourth-order valence-corrected chi connectivity index (χ4v) is 2.07. The number of aromatic nitrogens is 1. The largest absolute Gasteiger partial charge is 0.482 e. The summed E-state index contributed by atoms with van der Waals surface area (Å²) >= 11 is 0. The quantitative estimate of drug-likeness (QED) is 0.637. The van der Waals surface area contributed by atoms with Crippen LogP contribution in [-0.4, -0.2) is 30.5 Å². The van der Waals surface area contributed by atoms with Crippen LogP contribution in [-0.2, 0) is 9.53 Å². The van der Waals surface area contributed by atoms with Crippen molar-refractivity contribution in [3.8, 4) is 11.5 Å². The standard InChI is InChI=1S/C17H13NO5/c1-21-16(19)10-22-12-4-5-13-14(8-12)23-15(17(13)20)7-11-3-2-6-18-9-11/h2-9H,10H2,1H3. The van der Waals surface area contributed by atoms with Crippen LogP contribution in [0.5, 0.6) is 11.5 Å². The summed E-state index contributed by atoms with van der Waals surface area (Å²) in [4.78, 5) is 27.4. The molecule has 116 valence electrons. The first-order chi connectivity index (χ1) is 11.2. The maximum absolute atomic E-state index is 12.3. The molecule has 1 aliphatic rings. The maximum atomic E-state index is 12.3. The van der Waals surface area contributed by atoms with Crippen LogP contribution in [0, 0.1) is 0 Å². The average molecular weight is 311 g/mol. The normalized spacial score (nSPS) is 14.3. The second kappa shape index (κ2) is 6.31. The van der Waals surface area contributed by atoms with Crippen molar-refractivity contribution >= 4 is 17.8 Å². The number of rotatable bonds is 4. The van der Waals surface area contributed by atoms with Gasteiger partial charge in [-0.15, -0.1) is 0 Å². The molecule has 1 aliphatic heterocycles. The second-order valence-corrected chi connectivity index (χ2v) is 4.75. The highest BCUT2D eigenvalue weighted by Crippen LogP contribution is 2.34. The van der Waals surface area contributed by atoms with Crippen molar-refractivity contribution in [2.24, 2.45) is 0 Å². The van der Waals surface area contributed by atoms with Crippen LogP contribution in [0.15, 0.2) is 48.5 Å². The number of fused-ring (bicyclic) bond motifs is 1. The number of esters is 1. The van der Waals surface area contributed by atoms with Gasteiger partial charge in [0.15, 0.2) is 12.4 Å². The van der Waals surface area contributed by atoms with E-state index in [-0.39, 0.29) is 18.1 Å². The predicted molar refractivity (Wildman–Crippen MR) is 81.1 cm³/mol. The van der Waals surface area contributed by atoms with E-state index in [2.05, 4.69) is 9.72 Å². The fraction of sp³-hybridized carbons (Fsp3) is 0.118. The zero-order valence-corrected chi connectivity index (χ0v) is 12.3. The minimum Gasteiger partial charge on any atom is -0.482 e. The van der Waals surface area contributed by atoms with Gasteiger partial charge < -0.3 is 14.2 Å². The molecule has 3 rings (SSSR count). The molecule has 0 spiro atoms. The molecule has 2 aromatic rings. The number of allylic oxidation sites excluding steroid dienone is 1. The van der Waals surface area contributed by atoms with Gasteiger partial charge >= 0.3 is 5.97 Å². The van der Waals surface area contributed by atoms with Gasteiger partial charge in [-0.05, 0) is 29.8 Å². The van der Waals surface area contributed by atoms with E-state index >= 15 is 0 Å². The van der Waals surface area contributed by atoms with E-state index in [0.29, 0.717) is 17.1 Å². The lowest BCUT2D eigenvalue weighted by Gasteiger charge is -2.05. The average Bonchev–Trinajstić information content (AvgIpc) is 2.89. The van der Waals surface area contributed by atoms with E-state index in [9.17, 15) is 9.59 Å². The molecule has 6 nitrogen and oxygen atoms in total. The lowest BCUT2D eigenvalue weighted by molar-refractivity contribution is -0.142. The first kappa shape index (κ1) is 14.8. The summed E-state index contributed by atoms with van der Waals surface area (Å²) in [6, 6.07) is 8.38. The summed E-state index contributed by atoms with van der Waals surface area (Å²) in [5, 5.41) is 0. The number of hydrogen-bond acceptors (Lipinski definition) is 6. The SMILES string of the molecule is COC(=O)COc1ccc2c(c1)OC(=Cc1cccnc1)C2=O. The van der Waals surface area contributed by atoms with Gasteiger partial charge in [0.25, 0.3) is 0 Å². The van der Waals surface area contributed by atoms with Gasteiger partial charge in [-0.25, -0.2) is 4.79 Å². The Morgan fingerprint density at radius 3 is 2.96 bits per heavy atom. The van der Waals surface area contributed by atoms with E-state index in [1.54, 1.807) is 42.7 Å². The van der Waals surface area contributed by atoms with Crippen LogP contribution >= 0.6 is 0 Å². The molecule has 0 saturated heterocycles. The number of ether oxygens (including phenoxy) is 3. The maximum Gasteiger partial charge on any atom is 0.343 e. The number of Topliss-reactive ketones (excluding diaryl/α,β-unsaturated/α-hetero) is 1. The van der Waals surface area contributed by atoms with Gasteiger partial charge in [-0.3, -0.25) is 9.78 Å². The van der Waals surface area contributed by atoms with Crippen molar-refractivity contribution in [1.82, 2.24) is 4.98 Å². The molecule has 0 N–H and O–H groups in total. The van der Waals surface area contributed by atoms with E-state index < -0.39 is 5.97 Å². The van der Waals surface area contributed by atoms with Crippen LogP contribution in [0.4, 0.5) is 0 Å². The molecule has 0 bridgehead atoms. The first-order valence-corrected chi connectivity index (χ1v) is 6.85. The van der Waals surface area contributed by atoms with Gasteiger partial charge in [0.1, 0.15) is 11.5 Å². The summed E-state index contributed by atoms with van der Waals surface area (Å²) < 4.78 is 15.4. The number of carbonyl (C=O) groups is 2. The van der Waals surface area contributed by atoms with Crippen molar-refractivity contribution in [1.29, 1.82) is 0 Å². The molecule has 23 heavy (non-hydrogen) atoms. The van der Waals surface area contributed by atoms with Crippen LogP contribution in [0.1, 0.15) is 15.9 Å². The third-order valence-electron chi connectivity index (χ3n) is 3.21. The molecular weight excluding hydrogens is 298 g/mol. The number of benzene rings is 1. The molecule has 0 saturated carbocycles. The smallest absolute Gasteiger partial charge is 0.343 e. The Morgan fingerprint density at radius 1 is 1.35 bits per heavy atom. The van der Waals surface area contributed by atoms with Crippen molar-refractivity contribution in [3.05, 3.63) is 59.6 Å². The second-order valence-electron chi connectivity index (χ2n) is 4.75. The van der Waals surface area contributed by atoms with Gasteiger partial charge in [0.2, 0.25) is 5.78 Å². The molecule has 2 heterocycles. The molecule has 0 aliphatic carbocycles. The molecule has 0 atom stereocenters. The highest BCUT2D eigenvalue weighted by atomic mass is 16.6. The Morgan fingerprint density at radius 2 is 2.22 bits per heavy atom.